The van der Waals surface area contributed by atoms with Crippen LogP contribution in [0.25, 0.3) is 43.6 Å². The van der Waals surface area contributed by atoms with Crippen LogP contribution in [0, 0.1) is 20.8 Å². The predicted molar refractivity (Wildman–Crippen MR) is 151 cm³/mol. The molecule has 2 N–H and O–H groups in total. The first-order valence-electron chi connectivity index (χ1n) is 12.5. The van der Waals surface area contributed by atoms with Crippen LogP contribution >= 0.6 is 0 Å². The van der Waals surface area contributed by atoms with Crippen molar-refractivity contribution in [3.8, 4) is 16.9 Å². The first kappa shape index (κ1) is 24.6. The van der Waals surface area contributed by atoms with Crippen LogP contribution in [0.2, 0.25) is 0 Å². The topological polar surface area (TPSA) is 79.4 Å². The minimum Gasteiger partial charge on any atom is -0.488 e. The number of fused-ring (bicyclic) bond motifs is 4. The third-order valence-corrected chi connectivity index (χ3v) is 6.92. The Morgan fingerprint density at radius 2 is 1.57 bits per heavy atom. The zero-order valence-corrected chi connectivity index (χ0v) is 22.1. The summed E-state index contributed by atoms with van der Waals surface area (Å²) in [6.07, 6.45) is -0.168. The maximum absolute atomic E-state index is 13.2. The van der Waals surface area contributed by atoms with Crippen molar-refractivity contribution in [1.82, 2.24) is 4.98 Å². The fourth-order valence-corrected chi connectivity index (χ4v) is 5.36. The van der Waals surface area contributed by atoms with E-state index < -0.39 is 11.6 Å². The molecule has 5 nitrogen and oxygen atoms in total. The second kappa shape index (κ2) is 8.77. The van der Waals surface area contributed by atoms with Crippen molar-refractivity contribution in [3.63, 3.8) is 0 Å². The minimum atomic E-state index is -0.928. The van der Waals surface area contributed by atoms with E-state index in [0.29, 0.717) is 22.2 Å². The van der Waals surface area contributed by atoms with Gasteiger partial charge >= 0.3 is 5.97 Å². The molecular formula is C32H31NO4. The molecule has 37 heavy (non-hydrogen) atoms. The average molecular weight is 494 g/mol. The molecule has 0 saturated heterocycles. The highest BCUT2D eigenvalue weighted by molar-refractivity contribution is 6.14. The van der Waals surface area contributed by atoms with E-state index in [9.17, 15) is 14.7 Å². The second-order valence-corrected chi connectivity index (χ2v) is 10.8. The lowest BCUT2D eigenvalue weighted by atomic mass is 9.85. The number of aryl methyl sites for hydroxylation is 3. The molecule has 1 aromatic heterocycles. The van der Waals surface area contributed by atoms with E-state index in [0.717, 1.165) is 49.4 Å². The number of aromatic nitrogens is 1. The van der Waals surface area contributed by atoms with E-state index in [1.807, 2.05) is 90.1 Å². The number of pyridine rings is 1. The Kier molecular flexibility index (Phi) is 5.82. The molecule has 5 rings (SSSR count). The first-order valence-corrected chi connectivity index (χ1v) is 12.5. The Hall–Kier alpha value is -4.12. The van der Waals surface area contributed by atoms with E-state index in [2.05, 4.69) is 11.1 Å². The number of aliphatic carboxylic acids is 1. The summed E-state index contributed by atoms with van der Waals surface area (Å²) >= 11 is 0. The summed E-state index contributed by atoms with van der Waals surface area (Å²) < 4.78 is 6.39. The van der Waals surface area contributed by atoms with Crippen LogP contribution in [0.1, 0.15) is 43.0 Å². The van der Waals surface area contributed by atoms with Crippen LogP contribution in [0.4, 0.5) is 0 Å². The molecule has 0 fully saturated rings. The summed E-state index contributed by atoms with van der Waals surface area (Å²) in [5, 5.41) is 14.3. The number of nitrogens with one attached hydrogen (secondary N) is 1. The number of carbonyl (C=O) groups is 1. The number of hydrogen-bond donors (Lipinski definition) is 2. The third-order valence-electron chi connectivity index (χ3n) is 6.92. The molecule has 5 heteroatoms. The van der Waals surface area contributed by atoms with Crippen molar-refractivity contribution in [2.75, 3.05) is 0 Å². The van der Waals surface area contributed by atoms with Crippen LogP contribution in [0.15, 0.2) is 59.4 Å². The highest BCUT2D eigenvalue weighted by Gasteiger charge is 2.24. The number of carboxylic acids is 1. The Morgan fingerprint density at radius 1 is 0.919 bits per heavy atom. The maximum Gasteiger partial charge on any atom is 0.307 e. The summed E-state index contributed by atoms with van der Waals surface area (Å²) in [6.45, 7) is 11.9. The number of ether oxygens (including phenoxy) is 1. The van der Waals surface area contributed by atoms with Crippen molar-refractivity contribution in [2.24, 2.45) is 0 Å². The number of hydrogen-bond acceptors (Lipinski definition) is 3. The van der Waals surface area contributed by atoms with E-state index >= 15 is 0 Å². The van der Waals surface area contributed by atoms with Gasteiger partial charge in [0.15, 0.2) is 0 Å². The van der Waals surface area contributed by atoms with Crippen LogP contribution in [-0.4, -0.2) is 21.7 Å². The van der Waals surface area contributed by atoms with Gasteiger partial charge in [-0.05, 0) is 104 Å². The molecular weight excluding hydrogens is 462 g/mol. The van der Waals surface area contributed by atoms with E-state index in [1.165, 1.54) is 0 Å². The zero-order chi connectivity index (χ0) is 26.6. The maximum atomic E-state index is 13.2. The van der Waals surface area contributed by atoms with Crippen molar-refractivity contribution in [2.45, 2.75) is 53.6 Å². The second-order valence-electron chi connectivity index (χ2n) is 10.8. The largest absolute Gasteiger partial charge is 0.488 e. The van der Waals surface area contributed by atoms with Gasteiger partial charge in [-0.25, -0.2) is 0 Å². The summed E-state index contributed by atoms with van der Waals surface area (Å²) in [5.74, 6) is -0.220. The lowest BCUT2D eigenvalue weighted by molar-refractivity contribution is -0.136. The normalized spacial score (nSPS) is 11.9. The minimum absolute atomic E-state index is 0.168. The molecule has 0 aliphatic rings. The van der Waals surface area contributed by atoms with Gasteiger partial charge in [0.25, 0.3) is 5.56 Å². The molecule has 0 amide bonds. The zero-order valence-electron chi connectivity index (χ0n) is 22.1. The molecule has 0 aliphatic heterocycles. The predicted octanol–water partition coefficient (Wildman–Crippen LogP) is 7.23. The molecule has 0 aliphatic carbocycles. The van der Waals surface area contributed by atoms with E-state index in [1.54, 1.807) is 0 Å². The average Bonchev–Trinajstić information content (AvgIpc) is 2.81. The Balaban J connectivity index is 1.98. The van der Waals surface area contributed by atoms with Crippen molar-refractivity contribution in [3.05, 3.63) is 87.2 Å². The lowest BCUT2D eigenvalue weighted by Crippen LogP contribution is -2.23. The van der Waals surface area contributed by atoms with Crippen LogP contribution < -0.4 is 10.3 Å². The van der Waals surface area contributed by atoms with Crippen LogP contribution in [0.5, 0.6) is 5.75 Å². The van der Waals surface area contributed by atoms with Gasteiger partial charge in [0, 0.05) is 16.3 Å². The Labute approximate surface area is 215 Å². The van der Waals surface area contributed by atoms with Gasteiger partial charge in [-0.15, -0.1) is 0 Å². The standard InChI is InChI=1S/C32H31NO4/c1-17-11-12-22(26(13-17)37-32(4,5)6)28-19(3)29-24-14-20-9-7-8-10-21(20)15-25(24)31(36)33-30(29)18(2)23(28)16-27(34)35/h7-15H,16H2,1-6H3,(H,33,36)(H,34,35). The van der Waals surface area contributed by atoms with E-state index in [-0.39, 0.29) is 12.0 Å². The number of aromatic amines is 1. The quantitative estimate of drug-likeness (QED) is 0.204. The fraction of sp³-hybridized carbons (Fsp3) is 0.250. The van der Waals surface area contributed by atoms with Gasteiger partial charge in [-0.3, -0.25) is 9.59 Å². The van der Waals surface area contributed by atoms with Gasteiger partial charge in [0.05, 0.1) is 11.9 Å². The van der Waals surface area contributed by atoms with Crippen molar-refractivity contribution < 1.29 is 14.6 Å². The van der Waals surface area contributed by atoms with Crippen LogP contribution in [0.3, 0.4) is 0 Å². The highest BCUT2D eigenvalue weighted by atomic mass is 16.5. The van der Waals surface area contributed by atoms with E-state index in [4.69, 9.17) is 4.74 Å². The van der Waals surface area contributed by atoms with Gasteiger partial charge in [0.2, 0.25) is 0 Å². The monoisotopic (exact) mass is 493 g/mol. The SMILES string of the molecule is Cc1ccc(-c2c(CC(=O)O)c(C)c3[nH]c(=O)c4cc5ccccc5cc4c3c2C)c(OC(C)(C)C)c1. The van der Waals surface area contributed by atoms with Crippen molar-refractivity contribution in [1.29, 1.82) is 0 Å². The molecule has 0 saturated carbocycles. The van der Waals surface area contributed by atoms with Gasteiger partial charge in [-0.2, -0.15) is 0 Å². The summed E-state index contributed by atoms with van der Waals surface area (Å²) in [4.78, 5) is 28.4. The first-order chi connectivity index (χ1) is 17.4. The van der Waals surface area contributed by atoms with Gasteiger partial charge < -0.3 is 14.8 Å². The fourth-order valence-electron chi connectivity index (χ4n) is 5.36. The Bertz CT molecular complexity index is 1790. The summed E-state index contributed by atoms with van der Waals surface area (Å²) in [5.41, 5.74) is 5.14. The van der Waals surface area contributed by atoms with Gasteiger partial charge in [0.1, 0.15) is 11.4 Å². The molecule has 0 atom stereocenters. The number of benzene rings is 4. The lowest BCUT2D eigenvalue weighted by Gasteiger charge is -2.26. The molecule has 0 bridgehead atoms. The van der Waals surface area contributed by atoms with Crippen LogP contribution in [-0.2, 0) is 11.2 Å². The summed E-state index contributed by atoms with van der Waals surface area (Å²) in [7, 11) is 0. The molecule has 5 aromatic rings. The third kappa shape index (κ3) is 4.35. The van der Waals surface area contributed by atoms with Crippen molar-refractivity contribution >= 4 is 38.4 Å². The number of carboxylic acid groups (broad SMARTS) is 1. The summed E-state index contributed by atoms with van der Waals surface area (Å²) in [6, 6.07) is 18.0. The smallest absolute Gasteiger partial charge is 0.307 e. The number of H-pyrrole nitrogens is 1. The molecule has 0 radical (unpaired) electrons. The molecule has 4 aromatic carbocycles. The van der Waals surface area contributed by atoms with Gasteiger partial charge in [-0.1, -0.05) is 36.4 Å². The molecule has 188 valence electrons. The molecule has 1 heterocycles. The molecule has 0 unspecified atom stereocenters. The molecule has 0 spiro atoms. The Morgan fingerprint density at radius 3 is 2.19 bits per heavy atom. The highest BCUT2D eigenvalue weighted by Crippen LogP contribution is 2.43. The number of rotatable bonds is 4.